The summed E-state index contributed by atoms with van der Waals surface area (Å²) in [6, 6.07) is 0. The van der Waals surface area contributed by atoms with Crippen LogP contribution < -0.4 is 0 Å². The van der Waals surface area contributed by atoms with Crippen molar-refractivity contribution in [3.63, 3.8) is 0 Å². The van der Waals surface area contributed by atoms with E-state index in [-0.39, 0.29) is 13.1 Å². The molecule has 0 spiro atoms. The predicted molar refractivity (Wildman–Crippen MR) is 46.8 cm³/mol. The molecule has 76 valence electrons. The lowest BCUT2D eigenvalue weighted by atomic mass is 10.4. The summed E-state index contributed by atoms with van der Waals surface area (Å²) in [6.45, 7) is -1.52. The number of halogens is 3. The largest absolute Gasteiger partial charge is 0.461 e. The Morgan fingerprint density at radius 3 is 2.62 bits per heavy atom. The van der Waals surface area contributed by atoms with Crippen molar-refractivity contribution in [2.24, 2.45) is 0 Å². The normalized spacial score (nSPS) is 10.7. The average Bonchev–Trinajstić information content (AvgIpc) is 2.10. The van der Waals surface area contributed by atoms with Crippen molar-refractivity contribution >= 4 is 35.0 Å². The molecule has 0 N–H and O–H groups in total. The fourth-order valence-corrected chi connectivity index (χ4v) is 0.655. The minimum absolute atomic E-state index is 0.0872. The molecule has 0 rings (SSSR count). The van der Waals surface area contributed by atoms with Gasteiger partial charge in [0.05, 0.1) is 0 Å². The molecule has 4 nitrogen and oxygen atoms in total. The first-order chi connectivity index (χ1) is 6.04. The summed E-state index contributed by atoms with van der Waals surface area (Å²) in [6.07, 6.45) is 0. The number of alkyl halides is 3. The standard InChI is InChI=1S/C6H7F2IO4/c7-6(8,3-12-4-10)5(11)13-2-1-9/h4H,1-3H2. The Morgan fingerprint density at radius 1 is 1.54 bits per heavy atom. The SMILES string of the molecule is O=COCC(F)(F)C(=O)OCCI. The van der Waals surface area contributed by atoms with Crippen LogP contribution in [0.5, 0.6) is 0 Å². The lowest BCUT2D eigenvalue weighted by molar-refractivity contribution is -0.179. The highest BCUT2D eigenvalue weighted by Gasteiger charge is 2.41. The number of esters is 1. The Kier molecular flexibility index (Phi) is 5.84. The third kappa shape index (κ3) is 4.96. The quantitative estimate of drug-likeness (QED) is 0.315. The van der Waals surface area contributed by atoms with E-state index in [0.29, 0.717) is 4.43 Å². The summed E-state index contributed by atoms with van der Waals surface area (Å²) in [7, 11) is 0. The molecule has 0 aromatic carbocycles. The van der Waals surface area contributed by atoms with Gasteiger partial charge in [0.1, 0.15) is 6.61 Å². The van der Waals surface area contributed by atoms with Crippen LogP contribution in [0.3, 0.4) is 0 Å². The molecule has 0 saturated carbocycles. The zero-order valence-electron chi connectivity index (χ0n) is 6.47. The molecule has 0 bridgehead atoms. The summed E-state index contributed by atoms with van der Waals surface area (Å²) in [5, 5.41) is 0. The summed E-state index contributed by atoms with van der Waals surface area (Å²) in [5.41, 5.74) is 0. The van der Waals surface area contributed by atoms with Crippen LogP contribution in [-0.4, -0.2) is 36.0 Å². The van der Waals surface area contributed by atoms with Crippen LogP contribution in [-0.2, 0) is 19.1 Å². The van der Waals surface area contributed by atoms with Gasteiger partial charge in [0.2, 0.25) is 0 Å². The summed E-state index contributed by atoms with van der Waals surface area (Å²) < 4.78 is 33.5. The van der Waals surface area contributed by atoms with Gasteiger partial charge < -0.3 is 9.47 Å². The smallest absolute Gasteiger partial charge is 0.380 e. The second-order valence-electron chi connectivity index (χ2n) is 1.94. The minimum atomic E-state index is -3.76. The number of hydrogen-bond donors (Lipinski definition) is 0. The number of hydrogen-bond acceptors (Lipinski definition) is 4. The van der Waals surface area contributed by atoms with E-state index in [1.807, 2.05) is 22.6 Å². The average molecular weight is 308 g/mol. The van der Waals surface area contributed by atoms with E-state index < -0.39 is 18.5 Å². The summed E-state index contributed by atoms with van der Waals surface area (Å²) >= 11 is 1.87. The third-order valence-corrected chi connectivity index (χ3v) is 1.38. The highest BCUT2D eigenvalue weighted by molar-refractivity contribution is 14.1. The molecule has 0 saturated heterocycles. The van der Waals surface area contributed by atoms with Gasteiger partial charge >= 0.3 is 11.9 Å². The van der Waals surface area contributed by atoms with Crippen LogP contribution in [0.4, 0.5) is 8.78 Å². The van der Waals surface area contributed by atoms with Crippen molar-refractivity contribution in [2.75, 3.05) is 17.6 Å². The molecule has 7 heteroatoms. The lowest BCUT2D eigenvalue weighted by Crippen LogP contribution is -2.36. The fourth-order valence-electron chi connectivity index (χ4n) is 0.434. The first-order valence-corrected chi connectivity index (χ1v) is 4.73. The number of rotatable bonds is 6. The van der Waals surface area contributed by atoms with Gasteiger partial charge in [-0.15, -0.1) is 0 Å². The van der Waals surface area contributed by atoms with Crippen LogP contribution in [0.15, 0.2) is 0 Å². The van der Waals surface area contributed by atoms with Gasteiger partial charge in [-0.3, -0.25) is 4.79 Å². The number of carbonyl (C=O) groups is 2. The molecule has 0 aliphatic rings. The second kappa shape index (κ2) is 6.06. The number of carbonyl (C=O) groups excluding carboxylic acids is 2. The predicted octanol–water partition coefficient (Wildman–Crippen LogP) is 0.773. The molecule has 13 heavy (non-hydrogen) atoms. The Labute approximate surface area is 86.7 Å². The van der Waals surface area contributed by atoms with Gasteiger partial charge in [-0.1, -0.05) is 22.6 Å². The molecule has 0 aliphatic carbocycles. The van der Waals surface area contributed by atoms with E-state index >= 15 is 0 Å². The molecule has 0 amide bonds. The van der Waals surface area contributed by atoms with Gasteiger partial charge in [-0.2, -0.15) is 8.78 Å². The van der Waals surface area contributed by atoms with Crippen molar-refractivity contribution in [1.82, 2.24) is 0 Å². The van der Waals surface area contributed by atoms with Gasteiger partial charge in [0, 0.05) is 4.43 Å². The van der Waals surface area contributed by atoms with Crippen LogP contribution in [0, 0.1) is 0 Å². The van der Waals surface area contributed by atoms with Crippen molar-refractivity contribution in [2.45, 2.75) is 5.92 Å². The van der Waals surface area contributed by atoms with Crippen LogP contribution >= 0.6 is 22.6 Å². The Morgan fingerprint density at radius 2 is 2.15 bits per heavy atom. The molecule has 0 unspecified atom stereocenters. The molecule has 0 aromatic rings. The number of ether oxygens (including phenoxy) is 2. The second-order valence-corrected chi connectivity index (χ2v) is 3.02. The lowest BCUT2D eigenvalue weighted by Gasteiger charge is -2.12. The van der Waals surface area contributed by atoms with Crippen LogP contribution in [0.25, 0.3) is 0 Å². The highest BCUT2D eigenvalue weighted by atomic mass is 127. The molecular weight excluding hydrogens is 301 g/mol. The van der Waals surface area contributed by atoms with Gasteiger partial charge in [0.25, 0.3) is 6.47 Å². The minimum Gasteiger partial charge on any atom is -0.461 e. The highest BCUT2D eigenvalue weighted by Crippen LogP contribution is 2.15. The van der Waals surface area contributed by atoms with E-state index in [9.17, 15) is 18.4 Å². The van der Waals surface area contributed by atoms with E-state index in [1.54, 1.807) is 0 Å². The van der Waals surface area contributed by atoms with Crippen molar-refractivity contribution in [3.05, 3.63) is 0 Å². The van der Waals surface area contributed by atoms with Crippen molar-refractivity contribution < 1.29 is 27.8 Å². The summed E-state index contributed by atoms with van der Waals surface area (Å²) in [4.78, 5) is 20.1. The van der Waals surface area contributed by atoms with Crippen molar-refractivity contribution in [1.29, 1.82) is 0 Å². The molecule has 0 aliphatic heterocycles. The monoisotopic (exact) mass is 308 g/mol. The maximum atomic E-state index is 12.6. The van der Waals surface area contributed by atoms with Crippen LogP contribution in [0.2, 0.25) is 0 Å². The Hall–Kier alpha value is -0.470. The molecular formula is C6H7F2IO4. The molecule has 0 heterocycles. The van der Waals surface area contributed by atoms with E-state index in [1.165, 1.54) is 0 Å². The maximum absolute atomic E-state index is 12.6. The Bertz CT molecular complexity index is 185. The van der Waals surface area contributed by atoms with E-state index in [0.717, 1.165) is 0 Å². The molecule has 0 aromatic heterocycles. The molecule has 0 fully saturated rings. The third-order valence-electron chi connectivity index (χ3n) is 0.942. The molecule has 0 atom stereocenters. The zero-order valence-corrected chi connectivity index (χ0v) is 8.62. The van der Waals surface area contributed by atoms with Gasteiger partial charge in [-0.25, -0.2) is 4.79 Å². The summed E-state index contributed by atoms with van der Waals surface area (Å²) in [5.74, 6) is -5.43. The Balaban J connectivity index is 3.94. The molecule has 0 radical (unpaired) electrons. The topological polar surface area (TPSA) is 52.6 Å². The van der Waals surface area contributed by atoms with E-state index in [2.05, 4.69) is 9.47 Å². The van der Waals surface area contributed by atoms with Gasteiger partial charge in [-0.05, 0) is 0 Å². The van der Waals surface area contributed by atoms with Crippen LogP contribution in [0.1, 0.15) is 0 Å². The fraction of sp³-hybridized carbons (Fsp3) is 0.667. The maximum Gasteiger partial charge on any atom is 0.380 e. The first-order valence-electron chi connectivity index (χ1n) is 3.21. The first kappa shape index (κ1) is 12.5. The van der Waals surface area contributed by atoms with Gasteiger partial charge in [0.15, 0.2) is 6.61 Å². The zero-order chi connectivity index (χ0) is 10.3. The van der Waals surface area contributed by atoms with Crippen molar-refractivity contribution in [3.8, 4) is 0 Å². The van der Waals surface area contributed by atoms with E-state index in [4.69, 9.17) is 0 Å².